The molecule has 4 rings (SSSR count). The molecule has 0 unspecified atom stereocenters. The lowest BCUT2D eigenvalue weighted by molar-refractivity contribution is -0.122. The number of hydrazine groups is 2. The van der Waals surface area contributed by atoms with E-state index in [4.69, 9.17) is 0 Å². The van der Waals surface area contributed by atoms with Gasteiger partial charge in [0.25, 0.3) is 23.6 Å². The Morgan fingerprint density at radius 1 is 0.347 bits per heavy atom. The van der Waals surface area contributed by atoms with Crippen LogP contribution in [-0.4, -0.2) is 35.4 Å². The van der Waals surface area contributed by atoms with E-state index in [9.17, 15) is 28.8 Å². The number of carbonyl (C=O) groups excluding carboxylic acids is 6. The largest absolute Gasteiger partial charge is 0.322 e. The van der Waals surface area contributed by atoms with E-state index in [0.29, 0.717) is 46.5 Å². The van der Waals surface area contributed by atoms with Gasteiger partial charge in [0.1, 0.15) is 0 Å². The molecule has 0 radical (unpaired) electrons. The molecule has 0 bridgehead atoms. The van der Waals surface area contributed by atoms with E-state index in [2.05, 4.69) is 32.3 Å². The highest BCUT2D eigenvalue weighted by atomic mass is 16.2. The van der Waals surface area contributed by atoms with Gasteiger partial charge < -0.3 is 10.6 Å². The summed E-state index contributed by atoms with van der Waals surface area (Å²) in [5, 5.41) is 5.52. The molecule has 12 heteroatoms. The fraction of sp³-hybridized carbons (Fsp3) is 0.189. The van der Waals surface area contributed by atoms with Crippen LogP contribution in [0.2, 0.25) is 0 Å². The standard InChI is InChI=1S/C37H38N6O6/c44-32(40-42-36(48)28-18-22-30(23-19-28)38-34(46)26-12-6-4-7-13-26)16-10-2-1-3-11-17-33(45)41-43-37(49)29-20-24-31(25-21-29)39-35(47)27-14-8-5-9-15-27/h4-9,12-15,18-25H,1-3,10-11,16-17H2,(H,38,46)(H,39,47)(H,40,44)(H,41,45)(H,42,48)(H,43,49). The third kappa shape index (κ3) is 12.1. The second kappa shape index (κ2) is 18.7. The molecule has 49 heavy (non-hydrogen) atoms. The number of carbonyl (C=O) groups is 6. The Bertz CT molecular complexity index is 1600. The monoisotopic (exact) mass is 662 g/mol. The Morgan fingerprint density at radius 2 is 0.673 bits per heavy atom. The molecule has 0 fully saturated rings. The summed E-state index contributed by atoms with van der Waals surface area (Å²) in [7, 11) is 0. The first-order valence-electron chi connectivity index (χ1n) is 15.9. The second-order valence-electron chi connectivity index (χ2n) is 11.1. The van der Waals surface area contributed by atoms with Crippen molar-refractivity contribution in [3.8, 4) is 0 Å². The van der Waals surface area contributed by atoms with Gasteiger partial charge in [0.05, 0.1) is 0 Å². The van der Waals surface area contributed by atoms with Gasteiger partial charge in [0, 0.05) is 46.5 Å². The van der Waals surface area contributed by atoms with E-state index in [1.807, 2.05) is 12.1 Å². The summed E-state index contributed by atoms with van der Waals surface area (Å²) in [6.07, 6.45) is 4.08. The van der Waals surface area contributed by atoms with Crippen molar-refractivity contribution in [3.05, 3.63) is 131 Å². The highest BCUT2D eigenvalue weighted by molar-refractivity contribution is 6.05. The van der Waals surface area contributed by atoms with E-state index < -0.39 is 11.8 Å². The molecule has 0 saturated heterocycles. The third-order valence-corrected chi connectivity index (χ3v) is 7.32. The van der Waals surface area contributed by atoms with Crippen LogP contribution in [0, 0.1) is 0 Å². The topological polar surface area (TPSA) is 175 Å². The summed E-state index contributed by atoms with van der Waals surface area (Å²) < 4.78 is 0. The summed E-state index contributed by atoms with van der Waals surface area (Å²) in [5.41, 5.74) is 12.3. The van der Waals surface area contributed by atoms with Crippen LogP contribution in [0.25, 0.3) is 0 Å². The maximum atomic E-state index is 12.4. The normalized spacial score (nSPS) is 10.3. The minimum atomic E-state index is -0.480. The van der Waals surface area contributed by atoms with Gasteiger partial charge in [0.2, 0.25) is 11.8 Å². The first-order valence-corrected chi connectivity index (χ1v) is 15.9. The van der Waals surface area contributed by atoms with Crippen molar-refractivity contribution in [1.29, 1.82) is 0 Å². The van der Waals surface area contributed by atoms with Crippen molar-refractivity contribution < 1.29 is 28.8 Å². The molecule has 252 valence electrons. The van der Waals surface area contributed by atoms with E-state index in [-0.39, 0.29) is 36.5 Å². The summed E-state index contributed by atoms with van der Waals surface area (Å²) in [5.74, 6) is -2.11. The minimum Gasteiger partial charge on any atom is -0.322 e. The zero-order valence-electron chi connectivity index (χ0n) is 26.8. The molecule has 0 heterocycles. The summed E-state index contributed by atoms with van der Waals surface area (Å²) >= 11 is 0. The maximum Gasteiger partial charge on any atom is 0.269 e. The summed E-state index contributed by atoms with van der Waals surface area (Å²) in [6, 6.07) is 30.2. The number of anilines is 2. The number of benzene rings is 4. The number of unbranched alkanes of at least 4 members (excludes halogenated alkanes) is 4. The van der Waals surface area contributed by atoms with Crippen LogP contribution in [0.5, 0.6) is 0 Å². The van der Waals surface area contributed by atoms with Gasteiger partial charge in [-0.1, -0.05) is 55.7 Å². The lowest BCUT2D eigenvalue weighted by Crippen LogP contribution is -2.41. The highest BCUT2D eigenvalue weighted by Crippen LogP contribution is 2.13. The van der Waals surface area contributed by atoms with Crippen molar-refractivity contribution in [3.63, 3.8) is 0 Å². The fourth-order valence-electron chi connectivity index (χ4n) is 4.62. The van der Waals surface area contributed by atoms with Crippen LogP contribution in [0.15, 0.2) is 109 Å². The van der Waals surface area contributed by atoms with Gasteiger partial charge in [0.15, 0.2) is 0 Å². The van der Waals surface area contributed by atoms with Crippen LogP contribution < -0.4 is 32.3 Å². The number of hydrogen-bond acceptors (Lipinski definition) is 6. The van der Waals surface area contributed by atoms with Gasteiger partial charge in [-0.25, -0.2) is 0 Å². The predicted molar refractivity (Wildman–Crippen MR) is 185 cm³/mol. The smallest absolute Gasteiger partial charge is 0.269 e. The second-order valence-corrected chi connectivity index (χ2v) is 11.1. The number of rotatable bonds is 14. The molecule has 0 aliphatic heterocycles. The molecule has 6 amide bonds. The molecular weight excluding hydrogens is 624 g/mol. The Balaban J connectivity index is 1.01. The van der Waals surface area contributed by atoms with Crippen molar-refractivity contribution in [1.82, 2.24) is 21.7 Å². The zero-order chi connectivity index (χ0) is 34.8. The van der Waals surface area contributed by atoms with Crippen molar-refractivity contribution in [2.24, 2.45) is 0 Å². The molecule has 4 aromatic rings. The van der Waals surface area contributed by atoms with Crippen molar-refractivity contribution in [2.45, 2.75) is 44.9 Å². The van der Waals surface area contributed by atoms with Crippen molar-refractivity contribution in [2.75, 3.05) is 10.6 Å². The van der Waals surface area contributed by atoms with Gasteiger partial charge in [-0.2, -0.15) is 0 Å². The molecule has 12 nitrogen and oxygen atoms in total. The summed E-state index contributed by atoms with van der Waals surface area (Å²) in [6.45, 7) is 0. The van der Waals surface area contributed by atoms with Crippen LogP contribution in [0.3, 0.4) is 0 Å². The fourth-order valence-corrected chi connectivity index (χ4v) is 4.62. The van der Waals surface area contributed by atoms with Gasteiger partial charge in [-0.3, -0.25) is 50.5 Å². The van der Waals surface area contributed by atoms with E-state index >= 15 is 0 Å². The SMILES string of the molecule is O=C(CCCCCCCC(=O)NNC(=O)c1ccc(NC(=O)c2ccccc2)cc1)NNC(=O)c1ccc(NC(=O)c2ccccc2)cc1. The first-order chi connectivity index (χ1) is 23.8. The molecular formula is C37H38N6O6. The number of amides is 6. The van der Waals surface area contributed by atoms with Crippen LogP contribution in [0.4, 0.5) is 11.4 Å². The molecule has 0 atom stereocenters. The quantitative estimate of drug-likeness (QED) is 0.0805. The van der Waals surface area contributed by atoms with E-state index in [1.54, 1.807) is 97.1 Å². The predicted octanol–water partition coefficient (Wildman–Crippen LogP) is 5.14. The van der Waals surface area contributed by atoms with Gasteiger partial charge in [-0.05, 0) is 85.6 Å². The molecule has 0 aliphatic rings. The molecule has 0 aromatic heterocycles. The lowest BCUT2D eigenvalue weighted by Gasteiger charge is -2.09. The van der Waals surface area contributed by atoms with Gasteiger partial charge in [-0.15, -0.1) is 0 Å². The van der Waals surface area contributed by atoms with Crippen LogP contribution >= 0.6 is 0 Å². The third-order valence-electron chi connectivity index (χ3n) is 7.32. The first kappa shape index (κ1) is 35.6. The average Bonchev–Trinajstić information content (AvgIpc) is 3.13. The number of hydrogen-bond donors (Lipinski definition) is 6. The average molecular weight is 663 g/mol. The van der Waals surface area contributed by atoms with Crippen molar-refractivity contribution >= 4 is 46.8 Å². The maximum absolute atomic E-state index is 12.4. The van der Waals surface area contributed by atoms with Crippen LogP contribution in [0.1, 0.15) is 86.4 Å². The summed E-state index contributed by atoms with van der Waals surface area (Å²) in [4.78, 5) is 73.5. The zero-order valence-corrected chi connectivity index (χ0v) is 26.8. The van der Waals surface area contributed by atoms with Gasteiger partial charge >= 0.3 is 0 Å². The lowest BCUT2D eigenvalue weighted by atomic mass is 10.1. The highest BCUT2D eigenvalue weighted by Gasteiger charge is 2.11. The molecule has 6 N–H and O–H groups in total. The van der Waals surface area contributed by atoms with Crippen LogP contribution in [-0.2, 0) is 9.59 Å². The Kier molecular flexibility index (Phi) is 13.6. The Morgan fingerprint density at radius 3 is 1.04 bits per heavy atom. The molecule has 4 aromatic carbocycles. The Labute approximate surface area is 284 Å². The Hall–Kier alpha value is -6.30. The number of nitrogens with one attached hydrogen (secondary N) is 6. The van der Waals surface area contributed by atoms with E-state index in [1.165, 1.54) is 0 Å². The molecule has 0 saturated carbocycles. The van der Waals surface area contributed by atoms with E-state index in [0.717, 1.165) is 19.3 Å². The minimum absolute atomic E-state index is 0.234. The molecule has 0 aliphatic carbocycles. The molecule has 0 spiro atoms.